The van der Waals surface area contributed by atoms with E-state index in [1.54, 1.807) is 0 Å². The van der Waals surface area contributed by atoms with E-state index in [0.717, 1.165) is 12.1 Å². The summed E-state index contributed by atoms with van der Waals surface area (Å²) < 4.78 is 0. The fourth-order valence-corrected chi connectivity index (χ4v) is 1.86. The Kier molecular flexibility index (Phi) is 7.66. The van der Waals surface area contributed by atoms with Crippen LogP contribution in [0.4, 0.5) is 0 Å². The summed E-state index contributed by atoms with van der Waals surface area (Å²) in [7, 11) is 0. The molecule has 2 nitrogen and oxygen atoms in total. The first-order valence-corrected chi connectivity index (χ1v) is 6.51. The molecule has 20 heavy (non-hydrogen) atoms. The van der Waals surface area contributed by atoms with Crippen molar-refractivity contribution >= 4 is 6.08 Å². The van der Waals surface area contributed by atoms with Crippen molar-refractivity contribution in [1.82, 2.24) is 5.32 Å². The van der Waals surface area contributed by atoms with Crippen LogP contribution in [-0.2, 0) is 0 Å². The van der Waals surface area contributed by atoms with Gasteiger partial charge in [-0.15, -0.1) is 0 Å². The van der Waals surface area contributed by atoms with E-state index < -0.39 is 6.10 Å². The van der Waals surface area contributed by atoms with Crippen LogP contribution >= 0.6 is 0 Å². The molecule has 0 bridgehead atoms. The second-order valence-electron chi connectivity index (χ2n) is 4.40. The molecule has 2 N–H and O–H groups in total. The molecule has 0 aliphatic carbocycles. The Morgan fingerprint density at radius 2 is 1.55 bits per heavy atom. The molecule has 2 aromatic rings. The minimum atomic E-state index is -0.452. The Morgan fingerprint density at radius 3 is 2.20 bits per heavy atom. The first-order valence-electron chi connectivity index (χ1n) is 6.51. The average molecular weight is 289 g/mol. The van der Waals surface area contributed by atoms with Gasteiger partial charge < -0.3 is 22.8 Å². The van der Waals surface area contributed by atoms with E-state index in [2.05, 4.69) is 29.6 Å². The maximum atomic E-state index is 9.95. The lowest BCUT2D eigenvalue weighted by molar-refractivity contribution is -0.00000542. The molecule has 106 valence electrons. The molecule has 1 unspecified atom stereocenters. The van der Waals surface area contributed by atoms with Crippen LogP contribution in [0.5, 0.6) is 0 Å². The van der Waals surface area contributed by atoms with Gasteiger partial charge in [0.2, 0.25) is 0 Å². The minimum absolute atomic E-state index is 0. The average Bonchev–Trinajstić information content (AvgIpc) is 2.49. The van der Waals surface area contributed by atoms with Gasteiger partial charge in [-0.05, 0) is 11.1 Å². The summed E-state index contributed by atoms with van der Waals surface area (Å²) in [5.41, 5.74) is 2.13. The molecule has 0 aliphatic rings. The van der Waals surface area contributed by atoms with Crippen LogP contribution in [0, 0.1) is 0 Å². The van der Waals surface area contributed by atoms with E-state index in [9.17, 15) is 5.11 Å². The summed E-state index contributed by atoms with van der Waals surface area (Å²) in [4.78, 5) is 0. The van der Waals surface area contributed by atoms with E-state index in [4.69, 9.17) is 0 Å². The van der Waals surface area contributed by atoms with Crippen LogP contribution in [-0.4, -0.2) is 18.2 Å². The van der Waals surface area contributed by atoms with Crippen molar-refractivity contribution in [2.75, 3.05) is 13.1 Å². The molecule has 2 aromatic carbocycles. The first-order chi connectivity index (χ1) is 9.36. The number of benzene rings is 2. The molecule has 1 atom stereocenters. The normalized spacial score (nSPS) is 12.1. The summed E-state index contributed by atoms with van der Waals surface area (Å²) >= 11 is 0. The van der Waals surface area contributed by atoms with Crippen molar-refractivity contribution in [2.24, 2.45) is 0 Å². The van der Waals surface area contributed by atoms with E-state index in [1.807, 2.05) is 48.5 Å². The third kappa shape index (κ3) is 5.57. The molecular formula is C17H19ClNO-. The molecule has 0 saturated heterocycles. The van der Waals surface area contributed by atoms with Crippen molar-refractivity contribution in [3.63, 3.8) is 0 Å². The second-order valence-corrected chi connectivity index (χ2v) is 4.40. The number of aliphatic hydroxyl groups excluding tert-OH is 1. The van der Waals surface area contributed by atoms with Gasteiger partial charge in [-0.25, -0.2) is 0 Å². The van der Waals surface area contributed by atoms with Gasteiger partial charge >= 0.3 is 0 Å². The van der Waals surface area contributed by atoms with Gasteiger partial charge in [-0.3, -0.25) is 0 Å². The first kappa shape index (κ1) is 16.4. The van der Waals surface area contributed by atoms with Crippen molar-refractivity contribution < 1.29 is 17.5 Å². The third-order valence-electron chi connectivity index (χ3n) is 2.89. The number of halogens is 1. The lowest BCUT2D eigenvalue weighted by atomic mass is 10.1. The predicted molar refractivity (Wildman–Crippen MR) is 79.7 cm³/mol. The standard InChI is InChI=1S/C17H19NO.ClH/c19-17(16-11-5-2-6-12-16)14-18-13-7-10-15-8-3-1-4-9-15;/h1-12,17-19H,13-14H2;1H/p-1/b10-7+;. The van der Waals surface area contributed by atoms with Crippen LogP contribution < -0.4 is 17.7 Å². The van der Waals surface area contributed by atoms with Crippen LogP contribution in [0.2, 0.25) is 0 Å². The molecular weight excluding hydrogens is 270 g/mol. The molecule has 0 radical (unpaired) electrons. The van der Waals surface area contributed by atoms with E-state index >= 15 is 0 Å². The van der Waals surface area contributed by atoms with Gasteiger partial charge in [0.05, 0.1) is 6.10 Å². The van der Waals surface area contributed by atoms with Crippen molar-refractivity contribution in [1.29, 1.82) is 0 Å². The van der Waals surface area contributed by atoms with Crippen LogP contribution in [0.3, 0.4) is 0 Å². The SMILES string of the molecule is OC(CNC/C=C/c1ccccc1)c1ccccc1.[Cl-]. The number of nitrogens with one attached hydrogen (secondary N) is 1. The summed E-state index contributed by atoms with van der Waals surface area (Å²) in [5, 5.41) is 13.2. The van der Waals surface area contributed by atoms with Crippen molar-refractivity contribution in [3.8, 4) is 0 Å². The van der Waals surface area contributed by atoms with Gasteiger partial charge in [0.25, 0.3) is 0 Å². The van der Waals surface area contributed by atoms with Gasteiger partial charge in [0.15, 0.2) is 0 Å². The van der Waals surface area contributed by atoms with E-state index in [1.165, 1.54) is 5.56 Å². The summed E-state index contributed by atoms with van der Waals surface area (Å²) in [6.07, 6.45) is 3.68. The summed E-state index contributed by atoms with van der Waals surface area (Å²) in [6.45, 7) is 1.31. The Labute approximate surface area is 126 Å². The molecule has 0 aromatic heterocycles. The fourth-order valence-electron chi connectivity index (χ4n) is 1.86. The smallest absolute Gasteiger partial charge is 0.0914 e. The Balaban J connectivity index is 0.00000200. The molecule has 0 aliphatic heterocycles. The highest BCUT2D eigenvalue weighted by Gasteiger charge is 2.04. The Bertz CT molecular complexity index is 499. The molecule has 0 amide bonds. The lowest BCUT2D eigenvalue weighted by Gasteiger charge is -2.10. The van der Waals surface area contributed by atoms with E-state index in [0.29, 0.717) is 6.54 Å². The molecule has 0 fully saturated rings. The summed E-state index contributed by atoms with van der Waals surface area (Å²) in [5.74, 6) is 0. The highest BCUT2D eigenvalue weighted by molar-refractivity contribution is 5.48. The molecule has 2 rings (SSSR count). The van der Waals surface area contributed by atoms with Gasteiger partial charge in [-0.2, -0.15) is 0 Å². The molecule has 0 spiro atoms. The number of hydrogen-bond acceptors (Lipinski definition) is 2. The zero-order valence-electron chi connectivity index (χ0n) is 11.2. The Hall–Kier alpha value is -1.61. The van der Waals surface area contributed by atoms with Crippen LogP contribution in [0.1, 0.15) is 17.2 Å². The maximum Gasteiger partial charge on any atom is 0.0914 e. The minimum Gasteiger partial charge on any atom is -1.00 e. The monoisotopic (exact) mass is 288 g/mol. The van der Waals surface area contributed by atoms with Crippen LogP contribution in [0.25, 0.3) is 6.08 Å². The van der Waals surface area contributed by atoms with Gasteiger partial charge in [-0.1, -0.05) is 72.8 Å². The molecule has 0 heterocycles. The van der Waals surface area contributed by atoms with Gasteiger partial charge in [0.1, 0.15) is 0 Å². The number of rotatable bonds is 6. The number of hydrogen-bond donors (Lipinski definition) is 2. The van der Waals surface area contributed by atoms with Gasteiger partial charge in [0, 0.05) is 13.1 Å². The topological polar surface area (TPSA) is 32.3 Å². The number of aliphatic hydroxyl groups is 1. The summed E-state index contributed by atoms with van der Waals surface area (Å²) in [6, 6.07) is 19.9. The largest absolute Gasteiger partial charge is 1.00 e. The van der Waals surface area contributed by atoms with Crippen molar-refractivity contribution in [2.45, 2.75) is 6.10 Å². The Morgan fingerprint density at radius 1 is 0.950 bits per heavy atom. The third-order valence-corrected chi connectivity index (χ3v) is 2.89. The quantitative estimate of drug-likeness (QED) is 0.735. The highest BCUT2D eigenvalue weighted by atomic mass is 35.5. The maximum absolute atomic E-state index is 9.95. The van der Waals surface area contributed by atoms with E-state index in [-0.39, 0.29) is 12.4 Å². The highest BCUT2D eigenvalue weighted by Crippen LogP contribution is 2.10. The van der Waals surface area contributed by atoms with Crippen LogP contribution in [0.15, 0.2) is 66.7 Å². The predicted octanol–water partition coefficient (Wildman–Crippen LogP) is 0.0270. The fraction of sp³-hybridized carbons (Fsp3) is 0.176. The zero-order valence-corrected chi connectivity index (χ0v) is 12.0. The lowest BCUT2D eigenvalue weighted by Crippen LogP contribution is -3.00. The zero-order chi connectivity index (χ0) is 13.3. The molecule has 3 heteroatoms. The second kappa shape index (κ2) is 9.32. The molecule has 0 saturated carbocycles. The van der Waals surface area contributed by atoms with Crippen molar-refractivity contribution in [3.05, 3.63) is 77.9 Å².